The van der Waals surface area contributed by atoms with Gasteiger partial charge in [0.25, 0.3) is 5.92 Å². The lowest BCUT2D eigenvalue weighted by atomic mass is 10.0. The minimum atomic E-state index is -2.75. The van der Waals surface area contributed by atoms with Crippen LogP contribution in [0.3, 0.4) is 0 Å². The molecule has 4 nitrogen and oxygen atoms in total. The highest BCUT2D eigenvalue weighted by molar-refractivity contribution is 5.82. The van der Waals surface area contributed by atoms with Crippen LogP contribution in [0.1, 0.15) is 32.6 Å². The van der Waals surface area contributed by atoms with E-state index >= 15 is 0 Å². The number of carbonyl (C=O) groups excluding carboxylic acids is 1. The van der Waals surface area contributed by atoms with Crippen LogP contribution in [0.4, 0.5) is 8.78 Å². The van der Waals surface area contributed by atoms with Crippen molar-refractivity contribution in [2.24, 2.45) is 0 Å². The molecule has 1 amide bonds. The maximum Gasteiger partial charge on any atom is 0.262 e. The van der Waals surface area contributed by atoms with Gasteiger partial charge in [-0.3, -0.25) is 15.0 Å². The number of nitrogens with zero attached hydrogens (tertiary/aromatic N) is 1. The molecule has 2 aliphatic rings. The Hall–Kier alpha value is -0.750. The van der Waals surface area contributed by atoms with E-state index < -0.39 is 18.5 Å². The van der Waals surface area contributed by atoms with Gasteiger partial charge in [-0.1, -0.05) is 6.42 Å². The minimum Gasteiger partial charge on any atom is -0.353 e. The summed E-state index contributed by atoms with van der Waals surface area (Å²) < 4.78 is 25.9. The molecule has 0 aromatic heterocycles. The van der Waals surface area contributed by atoms with Crippen LogP contribution in [0.15, 0.2) is 0 Å². The van der Waals surface area contributed by atoms with Crippen LogP contribution in [0, 0.1) is 0 Å². The smallest absolute Gasteiger partial charge is 0.262 e. The molecule has 2 fully saturated rings. The Morgan fingerprint density at radius 2 is 2.26 bits per heavy atom. The maximum absolute atomic E-state index is 13.0. The van der Waals surface area contributed by atoms with E-state index in [0.29, 0.717) is 12.6 Å². The number of halogens is 2. The third-order valence-electron chi connectivity index (χ3n) is 4.07. The van der Waals surface area contributed by atoms with Gasteiger partial charge in [0, 0.05) is 25.6 Å². The highest BCUT2D eigenvalue weighted by atomic mass is 19.3. The van der Waals surface area contributed by atoms with E-state index in [1.54, 1.807) is 0 Å². The Morgan fingerprint density at radius 3 is 2.89 bits per heavy atom. The second kappa shape index (κ2) is 6.13. The van der Waals surface area contributed by atoms with Crippen LogP contribution in [0.5, 0.6) is 0 Å². The van der Waals surface area contributed by atoms with Crippen molar-refractivity contribution in [2.75, 3.05) is 26.2 Å². The van der Waals surface area contributed by atoms with Crippen molar-refractivity contribution in [1.82, 2.24) is 15.5 Å². The number of alkyl halides is 2. The fraction of sp³-hybridized carbons (Fsp3) is 0.923. The lowest BCUT2D eigenvalue weighted by Crippen LogP contribution is -2.46. The first kappa shape index (κ1) is 14.7. The lowest BCUT2D eigenvalue weighted by molar-refractivity contribution is -0.123. The van der Waals surface area contributed by atoms with Crippen LogP contribution in [0.2, 0.25) is 0 Å². The first-order chi connectivity index (χ1) is 8.98. The molecule has 2 rings (SSSR count). The van der Waals surface area contributed by atoms with Gasteiger partial charge in [-0.2, -0.15) is 0 Å². The predicted octanol–water partition coefficient (Wildman–Crippen LogP) is 0.974. The summed E-state index contributed by atoms with van der Waals surface area (Å²) >= 11 is 0. The molecule has 0 saturated carbocycles. The first-order valence-corrected chi connectivity index (χ1v) is 7.11. The predicted molar refractivity (Wildman–Crippen MR) is 69.3 cm³/mol. The summed E-state index contributed by atoms with van der Waals surface area (Å²) in [5.74, 6) is -3.05. The number of carbonyl (C=O) groups is 1. The van der Waals surface area contributed by atoms with Gasteiger partial charge >= 0.3 is 0 Å². The van der Waals surface area contributed by atoms with E-state index in [-0.39, 0.29) is 12.3 Å². The number of nitrogens with one attached hydrogen (secondary N) is 2. The van der Waals surface area contributed by atoms with Gasteiger partial charge in [-0.15, -0.1) is 0 Å². The number of rotatable bonds is 4. The van der Waals surface area contributed by atoms with E-state index in [9.17, 15) is 13.6 Å². The summed E-state index contributed by atoms with van der Waals surface area (Å²) in [5, 5.41) is 5.32. The molecule has 0 bridgehead atoms. The standard InChI is InChI=1S/C13H23F2N3O/c1-10-4-2-3-6-18(10)7-5-16-12(19)11-8-13(14,15)9-17-11/h10-11,17H,2-9H2,1H3,(H,16,19). The van der Waals surface area contributed by atoms with Crippen molar-refractivity contribution in [2.45, 2.75) is 50.6 Å². The molecule has 2 saturated heterocycles. The normalized spacial score (nSPS) is 31.3. The number of amides is 1. The molecule has 2 heterocycles. The van der Waals surface area contributed by atoms with Gasteiger partial charge in [0.05, 0.1) is 12.6 Å². The highest BCUT2D eigenvalue weighted by Crippen LogP contribution is 2.25. The van der Waals surface area contributed by atoms with Crippen LogP contribution < -0.4 is 10.6 Å². The molecular formula is C13H23F2N3O. The highest BCUT2D eigenvalue weighted by Gasteiger charge is 2.42. The lowest BCUT2D eigenvalue weighted by Gasteiger charge is -2.33. The fourth-order valence-corrected chi connectivity index (χ4v) is 2.84. The Morgan fingerprint density at radius 1 is 1.47 bits per heavy atom. The molecule has 2 unspecified atom stereocenters. The zero-order chi connectivity index (χ0) is 13.9. The summed E-state index contributed by atoms with van der Waals surface area (Å²) in [6, 6.07) is -0.187. The van der Waals surface area contributed by atoms with Crippen LogP contribution in [0.25, 0.3) is 0 Å². The molecule has 2 N–H and O–H groups in total. The second-order valence-corrected chi connectivity index (χ2v) is 5.67. The van der Waals surface area contributed by atoms with Gasteiger partial charge in [0.2, 0.25) is 5.91 Å². The maximum atomic E-state index is 13.0. The van der Waals surface area contributed by atoms with Gasteiger partial charge in [0.15, 0.2) is 0 Å². The largest absolute Gasteiger partial charge is 0.353 e. The van der Waals surface area contributed by atoms with Gasteiger partial charge in [-0.25, -0.2) is 8.78 Å². The molecule has 6 heteroatoms. The zero-order valence-electron chi connectivity index (χ0n) is 11.4. The number of hydrogen-bond acceptors (Lipinski definition) is 3. The molecule has 2 atom stereocenters. The Kier molecular flexibility index (Phi) is 4.73. The SMILES string of the molecule is CC1CCCCN1CCNC(=O)C1CC(F)(F)CN1. The van der Waals surface area contributed by atoms with Crippen LogP contribution >= 0.6 is 0 Å². The number of likely N-dealkylation sites (tertiary alicyclic amines) is 1. The van der Waals surface area contributed by atoms with Gasteiger partial charge < -0.3 is 5.32 Å². The molecule has 110 valence electrons. The molecule has 0 spiro atoms. The zero-order valence-corrected chi connectivity index (χ0v) is 11.4. The van der Waals surface area contributed by atoms with E-state index in [2.05, 4.69) is 22.5 Å². The Balaban J connectivity index is 1.67. The molecule has 0 aromatic rings. The molecular weight excluding hydrogens is 252 g/mol. The summed E-state index contributed by atoms with van der Waals surface area (Å²) in [7, 11) is 0. The monoisotopic (exact) mass is 275 g/mol. The number of piperidine rings is 1. The van der Waals surface area contributed by atoms with E-state index in [4.69, 9.17) is 0 Å². The van der Waals surface area contributed by atoms with Crippen molar-refractivity contribution in [1.29, 1.82) is 0 Å². The third-order valence-corrected chi connectivity index (χ3v) is 4.07. The van der Waals surface area contributed by atoms with Crippen LogP contribution in [-0.4, -0.2) is 55.0 Å². The van der Waals surface area contributed by atoms with Crippen molar-refractivity contribution in [3.63, 3.8) is 0 Å². The average Bonchev–Trinajstić information content (AvgIpc) is 2.72. The fourth-order valence-electron chi connectivity index (χ4n) is 2.84. The van der Waals surface area contributed by atoms with Crippen molar-refractivity contribution < 1.29 is 13.6 Å². The summed E-state index contributed by atoms with van der Waals surface area (Å²) in [5.41, 5.74) is 0. The van der Waals surface area contributed by atoms with Gasteiger partial charge in [0.1, 0.15) is 0 Å². The first-order valence-electron chi connectivity index (χ1n) is 7.11. The van der Waals surface area contributed by atoms with Crippen molar-refractivity contribution in [3.8, 4) is 0 Å². The Bertz CT molecular complexity index is 325. The minimum absolute atomic E-state index is 0.304. The van der Waals surface area contributed by atoms with Gasteiger partial charge in [-0.05, 0) is 26.3 Å². The summed E-state index contributed by atoms with van der Waals surface area (Å²) in [6.07, 6.45) is 3.28. The molecule has 0 aliphatic carbocycles. The molecule has 0 aromatic carbocycles. The molecule has 2 aliphatic heterocycles. The molecule has 0 radical (unpaired) electrons. The van der Waals surface area contributed by atoms with Crippen molar-refractivity contribution >= 4 is 5.91 Å². The number of hydrogen-bond donors (Lipinski definition) is 2. The summed E-state index contributed by atoms with van der Waals surface area (Å²) in [4.78, 5) is 14.1. The topological polar surface area (TPSA) is 44.4 Å². The van der Waals surface area contributed by atoms with Crippen LogP contribution in [-0.2, 0) is 4.79 Å². The van der Waals surface area contributed by atoms with Crippen molar-refractivity contribution in [3.05, 3.63) is 0 Å². The average molecular weight is 275 g/mol. The Labute approximate surface area is 112 Å². The molecule has 19 heavy (non-hydrogen) atoms. The quantitative estimate of drug-likeness (QED) is 0.804. The van der Waals surface area contributed by atoms with E-state index in [1.807, 2.05) is 0 Å². The third kappa shape index (κ3) is 4.11. The van der Waals surface area contributed by atoms with E-state index in [1.165, 1.54) is 19.3 Å². The van der Waals surface area contributed by atoms with E-state index in [0.717, 1.165) is 13.1 Å². The second-order valence-electron chi connectivity index (χ2n) is 5.67. The summed E-state index contributed by atoms with van der Waals surface area (Å²) in [6.45, 7) is 4.20.